The van der Waals surface area contributed by atoms with Gasteiger partial charge in [0.1, 0.15) is 0 Å². The number of nitrogens with zero attached hydrogens (tertiary/aromatic N) is 3. The van der Waals surface area contributed by atoms with E-state index < -0.39 is 0 Å². The maximum Gasteiger partial charge on any atom is 0.252 e. The smallest absolute Gasteiger partial charge is 0.252 e. The topological polar surface area (TPSA) is 58.1 Å². The Labute approximate surface area is 178 Å². The third-order valence-electron chi connectivity index (χ3n) is 5.92. The van der Waals surface area contributed by atoms with Crippen molar-refractivity contribution in [3.8, 4) is 0 Å². The number of carbonyl (C=O) groups excluding carboxylic acids is 1. The van der Waals surface area contributed by atoms with Crippen LogP contribution in [-0.4, -0.2) is 33.9 Å². The molecule has 3 heterocycles. The quantitative estimate of drug-likeness (QED) is 0.675. The summed E-state index contributed by atoms with van der Waals surface area (Å²) < 4.78 is 0. The minimum Gasteiger partial charge on any atom is -0.343 e. The summed E-state index contributed by atoms with van der Waals surface area (Å²) in [6.45, 7) is 4.90. The van der Waals surface area contributed by atoms with E-state index in [1.165, 1.54) is 5.56 Å². The molecule has 1 unspecified atom stereocenters. The zero-order valence-corrected chi connectivity index (χ0v) is 17.4. The van der Waals surface area contributed by atoms with Crippen molar-refractivity contribution < 1.29 is 4.79 Å². The zero-order valence-electron chi connectivity index (χ0n) is 17.4. The molecule has 1 amide bonds. The molecule has 1 N–H and O–H groups in total. The molecular weight excluding hydrogens is 372 g/mol. The van der Waals surface area contributed by atoms with Crippen LogP contribution in [0.2, 0.25) is 0 Å². The summed E-state index contributed by atoms with van der Waals surface area (Å²) in [4.78, 5) is 24.3. The third kappa shape index (κ3) is 4.92. The van der Waals surface area contributed by atoms with E-state index in [9.17, 15) is 4.79 Å². The highest BCUT2D eigenvalue weighted by Gasteiger charge is 2.30. The molecule has 5 heteroatoms. The molecule has 3 aromatic rings. The third-order valence-corrected chi connectivity index (χ3v) is 5.92. The highest BCUT2D eigenvalue weighted by atomic mass is 16.1. The van der Waals surface area contributed by atoms with Gasteiger partial charge in [0.15, 0.2) is 0 Å². The summed E-state index contributed by atoms with van der Waals surface area (Å²) in [6.07, 6.45) is 7.60. The largest absolute Gasteiger partial charge is 0.343 e. The summed E-state index contributed by atoms with van der Waals surface area (Å²) in [6, 6.07) is 17.7. The molecular formula is C25H28N4O. The fraction of sp³-hybridized carbons (Fsp3) is 0.320. The fourth-order valence-corrected chi connectivity index (χ4v) is 4.23. The second kappa shape index (κ2) is 9.63. The number of aryl methyl sites for hydroxylation is 1. The van der Waals surface area contributed by atoms with Crippen LogP contribution in [0.1, 0.15) is 46.1 Å². The average molecular weight is 401 g/mol. The van der Waals surface area contributed by atoms with E-state index in [1.54, 1.807) is 6.20 Å². The summed E-state index contributed by atoms with van der Waals surface area (Å²) in [5, 5.41) is 3.29. The number of aromatic nitrogens is 2. The van der Waals surface area contributed by atoms with Crippen LogP contribution in [0, 0.1) is 12.8 Å². The molecule has 1 fully saturated rings. The number of nitrogens with one attached hydrogen (secondary N) is 1. The van der Waals surface area contributed by atoms with Gasteiger partial charge < -0.3 is 5.32 Å². The number of likely N-dealkylation sites (tertiary alicyclic amines) is 1. The molecule has 0 spiro atoms. The van der Waals surface area contributed by atoms with E-state index in [1.807, 2.05) is 67.8 Å². The molecule has 1 saturated heterocycles. The number of amides is 1. The number of benzene rings is 1. The van der Waals surface area contributed by atoms with E-state index >= 15 is 0 Å². The van der Waals surface area contributed by atoms with Crippen LogP contribution in [-0.2, 0) is 6.54 Å². The lowest BCUT2D eigenvalue weighted by Crippen LogP contribution is -2.41. The molecule has 0 radical (unpaired) electrons. The van der Waals surface area contributed by atoms with Crippen molar-refractivity contribution >= 4 is 5.91 Å². The number of carbonyl (C=O) groups is 1. The Morgan fingerprint density at radius 3 is 2.57 bits per heavy atom. The maximum atomic E-state index is 13.0. The lowest BCUT2D eigenvalue weighted by molar-refractivity contribution is 0.0887. The lowest BCUT2D eigenvalue weighted by atomic mass is 9.86. The van der Waals surface area contributed by atoms with Gasteiger partial charge >= 0.3 is 0 Å². The van der Waals surface area contributed by atoms with E-state index in [0.717, 1.165) is 49.3 Å². The molecule has 1 aromatic carbocycles. The Morgan fingerprint density at radius 1 is 1.07 bits per heavy atom. The Hall–Kier alpha value is -3.05. The predicted octanol–water partition coefficient (Wildman–Crippen LogP) is 4.17. The number of piperidine rings is 1. The van der Waals surface area contributed by atoms with Crippen LogP contribution in [0.15, 0.2) is 73.2 Å². The molecule has 1 aliphatic rings. The molecule has 1 aliphatic heterocycles. The van der Waals surface area contributed by atoms with Crippen LogP contribution < -0.4 is 5.32 Å². The van der Waals surface area contributed by atoms with Crippen molar-refractivity contribution in [1.82, 2.24) is 20.2 Å². The van der Waals surface area contributed by atoms with E-state index in [0.29, 0.717) is 5.92 Å². The Balaban J connectivity index is 1.46. The van der Waals surface area contributed by atoms with Crippen LogP contribution >= 0.6 is 0 Å². The molecule has 0 saturated carbocycles. The summed E-state index contributed by atoms with van der Waals surface area (Å²) in [5.41, 5.74) is 3.89. The van der Waals surface area contributed by atoms with Gasteiger partial charge in [-0.3, -0.25) is 19.7 Å². The maximum absolute atomic E-state index is 13.0. The first kappa shape index (κ1) is 20.2. The Morgan fingerprint density at radius 2 is 1.87 bits per heavy atom. The molecule has 154 valence electrons. The van der Waals surface area contributed by atoms with Gasteiger partial charge in [-0.15, -0.1) is 0 Å². The number of hydrogen-bond donors (Lipinski definition) is 1. The van der Waals surface area contributed by atoms with E-state index in [2.05, 4.69) is 26.3 Å². The van der Waals surface area contributed by atoms with Gasteiger partial charge in [0.2, 0.25) is 0 Å². The monoisotopic (exact) mass is 400 g/mol. The van der Waals surface area contributed by atoms with Crippen molar-refractivity contribution in [3.63, 3.8) is 0 Å². The first-order chi connectivity index (χ1) is 14.7. The highest BCUT2D eigenvalue weighted by molar-refractivity contribution is 5.95. The molecule has 4 rings (SSSR count). The summed E-state index contributed by atoms with van der Waals surface area (Å²) in [5.74, 6) is 0.333. The molecule has 1 atom stereocenters. The molecule has 5 nitrogen and oxygen atoms in total. The Bertz CT molecular complexity index is 953. The van der Waals surface area contributed by atoms with Crippen LogP contribution in [0.4, 0.5) is 0 Å². The second-order valence-electron chi connectivity index (χ2n) is 8.00. The minimum atomic E-state index is -0.0844. The summed E-state index contributed by atoms with van der Waals surface area (Å²) in [7, 11) is 0. The van der Waals surface area contributed by atoms with Gasteiger partial charge in [-0.1, -0.05) is 30.3 Å². The number of pyridine rings is 2. The van der Waals surface area contributed by atoms with Crippen molar-refractivity contribution in [2.45, 2.75) is 32.4 Å². The van der Waals surface area contributed by atoms with Crippen molar-refractivity contribution in [2.24, 2.45) is 5.92 Å². The van der Waals surface area contributed by atoms with Gasteiger partial charge in [0, 0.05) is 30.7 Å². The minimum absolute atomic E-state index is 0.0263. The Kier molecular flexibility index (Phi) is 6.50. The van der Waals surface area contributed by atoms with Gasteiger partial charge in [-0.25, -0.2) is 0 Å². The van der Waals surface area contributed by atoms with Crippen molar-refractivity contribution in [1.29, 1.82) is 0 Å². The number of hydrogen-bond acceptors (Lipinski definition) is 4. The normalized spacial score (nSPS) is 16.2. The number of rotatable bonds is 6. The van der Waals surface area contributed by atoms with Gasteiger partial charge in [-0.2, -0.15) is 0 Å². The van der Waals surface area contributed by atoms with Crippen LogP contribution in [0.5, 0.6) is 0 Å². The fourth-order valence-electron chi connectivity index (χ4n) is 4.23. The van der Waals surface area contributed by atoms with Gasteiger partial charge in [-0.05, 0) is 74.2 Å². The van der Waals surface area contributed by atoms with E-state index in [-0.39, 0.29) is 11.9 Å². The highest BCUT2D eigenvalue weighted by Crippen LogP contribution is 2.31. The standard InChI is InChI=1S/C25H28N4O/c1-19-7-2-3-9-22(19)25(30)28-24(23-10-4-5-14-27-23)21-11-15-29(16-12-21)18-20-8-6-13-26-17-20/h2-10,13-14,17,21,24H,11-12,15-16,18H2,1H3,(H,28,30). The average Bonchev–Trinajstić information content (AvgIpc) is 2.79. The zero-order chi connectivity index (χ0) is 20.8. The van der Waals surface area contributed by atoms with Crippen LogP contribution in [0.25, 0.3) is 0 Å². The molecule has 0 bridgehead atoms. The van der Waals surface area contributed by atoms with E-state index in [4.69, 9.17) is 0 Å². The summed E-state index contributed by atoms with van der Waals surface area (Å²) >= 11 is 0. The SMILES string of the molecule is Cc1ccccc1C(=O)NC(c1ccccn1)C1CCN(Cc2cccnc2)CC1. The van der Waals surface area contributed by atoms with Gasteiger partial charge in [0.05, 0.1) is 11.7 Å². The lowest BCUT2D eigenvalue weighted by Gasteiger charge is -2.36. The predicted molar refractivity (Wildman–Crippen MR) is 118 cm³/mol. The molecule has 2 aromatic heterocycles. The first-order valence-corrected chi connectivity index (χ1v) is 10.6. The van der Waals surface area contributed by atoms with Gasteiger partial charge in [0.25, 0.3) is 5.91 Å². The van der Waals surface area contributed by atoms with Crippen molar-refractivity contribution in [2.75, 3.05) is 13.1 Å². The van der Waals surface area contributed by atoms with Crippen molar-refractivity contribution in [3.05, 3.63) is 95.6 Å². The second-order valence-corrected chi connectivity index (χ2v) is 8.00. The molecule has 30 heavy (non-hydrogen) atoms. The first-order valence-electron chi connectivity index (χ1n) is 10.6. The van der Waals surface area contributed by atoms with Crippen LogP contribution in [0.3, 0.4) is 0 Å². The molecule has 0 aliphatic carbocycles.